The van der Waals surface area contributed by atoms with Crippen LogP contribution in [0.15, 0.2) is 36.9 Å². The Bertz CT molecular complexity index is 1110. The maximum Gasteiger partial charge on any atom is 0.262 e. The van der Waals surface area contributed by atoms with Gasteiger partial charge >= 0.3 is 0 Å². The van der Waals surface area contributed by atoms with Crippen molar-refractivity contribution in [2.24, 2.45) is 6.98 Å². The molecule has 2 aliphatic heterocycles. The zero-order chi connectivity index (χ0) is 21.0. The summed E-state index contributed by atoms with van der Waals surface area (Å²) in [6.45, 7) is -1.17. The zero-order valence-electron chi connectivity index (χ0n) is 17.3. The average molecular weight is 373 g/mol. The molecule has 1 saturated heterocycles. The fraction of sp³-hybridized carbons (Fsp3) is 0.333. The molecule has 0 saturated carbocycles. The summed E-state index contributed by atoms with van der Waals surface area (Å²) in [5.41, 5.74) is 2.13. The van der Waals surface area contributed by atoms with E-state index >= 15 is 0 Å². The van der Waals surface area contributed by atoms with Gasteiger partial charge in [0.2, 0.25) is 0 Å². The Morgan fingerprint density at radius 3 is 2.85 bits per heavy atom. The molecule has 8 nitrogen and oxygen atoms in total. The molecule has 3 aromatic rings. The van der Waals surface area contributed by atoms with Gasteiger partial charge < -0.3 is 4.90 Å². The number of pyridine rings is 1. The van der Waals surface area contributed by atoms with Crippen LogP contribution >= 0.6 is 0 Å². The van der Waals surface area contributed by atoms with Crippen LogP contribution in [-0.2, 0) is 13.5 Å². The topological polar surface area (TPSA) is 72.1 Å². The molecule has 138 valence electrons. The van der Waals surface area contributed by atoms with Crippen molar-refractivity contribution in [1.29, 1.82) is 0 Å². The predicted octanol–water partition coefficient (Wildman–Crippen LogP) is 1.71. The van der Waals surface area contributed by atoms with Crippen LogP contribution in [0.3, 0.4) is 0 Å². The first-order chi connectivity index (χ1) is 14.3. The third-order valence-corrected chi connectivity index (χ3v) is 4.91. The van der Waals surface area contributed by atoms with Gasteiger partial charge in [0.1, 0.15) is 12.0 Å². The third kappa shape index (κ3) is 2.66. The fourth-order valence-corrected chi connectivity index (χ4v) is 3.49. The van der Waals surface area contributed by atoms with E-state index in [0.717, 1.165) is 4.68 Å². The molecule has 0 N–H and O–H groups in total. The highest BCUT2D eigenvalue weighted by atomic mass is 19.1. The number of alkyl halides is 1. The van der Waals surface area contributed by atoms with E-state index in [1.165, 1.54) is 17.3 Å². The van der Waals surface area contributed by atoms with E-state index in [4.69, 9.17) is 4.11 Å². The molecular formula is C18H18FN7O. The quantitative estimate of drug-likeness (QED) is 0.699. The molecule has 5 heterocycles. The Balaban J connectivity index is 1.34. The largest absolute Gasteiger partial charge is 0.354 e. The van der Waals surface area contributed by atoms with Crippen LogP contribution < -0.4 is 9.80 Å². The van der Waals surface area contributed by atoms with Crippen LogP contribution in [0.25, 0.3) is 5.69 Å². The number of rotatable bonds is 3. The molecule has 9 heteroatoms. The summed E-state index contributed by atoms with van der Waals surface area (Å²) in [4.78, 5) is 20.5. The van der Waals surface area contributed by atoms with Crippen molar-refractivity contribution in [2.75, 3.05) is 22.9 Å². The normalized spacial score (nSPS) is 21.3. The van der Waals surface area contributed by atoms with Crippen LogP contribution in [0, 0.1) is 0 Å². The van der Waals surface area contributed by atoms with Gasteiger partial charge in [-0.1, -0.05) is 0 Å². The van der Waals surface area contributed by atoms with E-state index < -0.39 is 13.1 Å². The Kier molecular flexibility index (Phi) is 2.84. The monoisotopic (exact) mass is 373 g/mol. The molecule has 2 aliphatic rings. The summed E-state index contributed by atoms with van der Waals surface area (Å²) >= 11 is 0. The lowest BCUT2D eigenvalue weighted by atomic mass is 10.3. The van der Waals surface area contributed by atoms with Gasteiger partial charge in [0, 0.05) is 30.0 Å². The maximum absolute atomic E-state index is 13.4. The number of carbonyl (C=O) groups excluding carboxylic acids is 1. The minimum Gasteiger partial charge on any atom is -0.354 e. The Hall–Kier alpha value is -3.23. The number of carbonyl (C=O) groups is 1. The molecule has 0 spiro atoms. The molecule has 1 atom stereocenters. The van der Waals surface area contributed by atoms with E-state index in [-0.39, 0.29) is 12.5 Å². The highest BCUT2D eigenvalue weighted by Crippen LogP contribution is 2.28. The van der Waals surface area contributed by atoms with Crippen LogP contribution in [0.4, 0.5) is 15.9 Å². The number of halogens is 1. The van der Waals surface area contributed by atoms with Gasteiger partial charge in [-0.25, -0.2) is 14.1 Å². The number of hydrogen-bond acceptors (Lipinski definition) is 5. The van der Waals surface area contributed by atoms with E-state index in [9.17, 15) is 9.18 Å². The number of nitrogens with zero attached hydrogens (tertiary/aromatic N) is 7. The highest BCUT2D eigenvalue weighted by molar-refractivity contribution is 6.09. The number of hydrogen-bond donors (Lipinski definition) is 0. The minimum atomic E-state index is -2.40. The Morgan fingerprint density at radius 2 is 2.19 bits per heavy atom. The standard InChI is InChI=1S/C18H18FN7O/c1-23-9-14(7-21-23)25-11-16-15(18(25)27)10-26(22-16)13-2-3-17(20-6-13)24-5-4-12(19)8-24/h2-3,6-7,9-10,12H,4-5,8,11H2,1H3/t12-/m1/s1/i1T3. The van der Waals surface area contributed by atoms with Crippen molar-refractivity contribution >= 4 is 17.4 Å². The van der Waals surface area contributed by atoms with Crippen LogP contribution in [-0.4, -0.2) is 49.7 Å². The van der Waals surface area contributed by atoms with Crippen molar-refractivity contribution in [2.45, 2.75) is 19.1 Å². The number of anilines is 2. The van der Waals surface area contributed by atoms with Crippen molar-refractivity contribution in [3.63, 3.8) is 0 Å². The molecule has 0 unspecified atom stereocenters. The SMILES string of the molecule is [3H]C([3H])([3H])n1cc(N2Cc3nn(-c4ccc(N5CC[C@@H](F)C5)nc4)cc3C2=O)cn1. The number of fused-ring (bicyclic) bond motifs is 1. The summed E-state index contributed by atoms with van der Waals surface area (Å²) in [7, 11) is 0. The van der Waals surface area contributed by atoms with Gasteiger partial charge in [-0.2, -0.15) is 10.2 Å². The first kappa shape index (κ1) is 13.0. The Labute approximate surface area is 159 Å². The average Bonchev–Trinajstić information content (AvgIpc) is 3.46. The number of amides is 1. The smallest absolute Gasteiger partial charge is 0.262 e. The molecule has 0 aliphatic carbocycles. The molecule has 0 bridgehead atoms. The molecule has 1 amide bonds. The van der Waals surface area contributed by atoms with Gasteiger partial charge in [-0.05, 0) is 18.6 Å². The lowest BCUT2D eigenvalue weighted by Gasteiger charge is -2.16. The fourth-order valence-electron chi connectivity index (χ4n) is 3.49. The van der Waals surface area contributed by atoms with Gasteiger partial charge in [-0.3, -0.25) is 14.4 Å². The summed E-state index contributed by atoms with van der Waals surface area (Å²) in [6.07, 6.45) is 5.66. The summed E-state index contributed by atoms with van der Waals surface area (Å²) < 4.78 is 38.0. The van der Waals surface area contributed by atoms with Gasteiger partial charge in [0.05, 0.1) is 48.1 Å². The van der Waals surface area contributed by atoms with Crippen molar-refractivity contribution in [3.8, 4) is 5.69 Å². The predicted molar refractivity (Wildman–Crippen MR) is 96.8 cm³/mol. The highest BCUT2D eigenvalue weighted by Gasteiger charge is 2.32. The first-order valence-corrected chi connectivity index (χ1v) is 8.60. The molecule has 3 aromatic heterocycles. The Morgan fingerprint density at radius 1 is 1.26 bits per heavy atom. The van der Waals surface area contributed by atoms with Gasteiger partial charge in [-0.15, -0.1) is 0 Å². The molecule has 5 rings (SSSR count). The van der Waals surface area contributed by atoms with Crippen LogP contribution in [0.2, 0.25) is 0 Å². The molecule has 1 fully saturated rings. The molecular weight excluding hydrogens is 349 g/mol. The van der Waals surface area contributed by atoms with E-state index in [1.807, 2.05) is 17.0 Å². The van der Waals surface area contributed by atoms with Crippen molar-refractivity contribution in [3.05, 3.63) is 48.2 Å². The summed E-state index contributed by atoms with van der Waals surface area (Å²) in [5.74, 6) is 0.448. The summed E-state index contributed by atoms with van der Waals surface area (Å²) in [5, 5.41) is 8.31. The van der Waals surface area contributed by atoms with Crippen molar-refractivity contribution < 1.29 is 13.3 Å². The molecule has 0 radical (unpaired) electrons. The minimum absolute atomic E-state index is 0.227. The first-order valence-electron chi connectivity index (χ1n) is 10.1. The second-order valence-electron chi connectivity index (χ2n) is 6.68. The number of aromatic nitrogens is 5. The van der Waals surface area contributed by atoms with Crippen LogP contribution in [0.5, 0.6) is 0 Å². The maximum atomic E-state index is 13.4. The lowest BCUT2D eigenvalue weighted by molar-refractivity contribution is 0.0996. The molecule has 27 heavy (non-hydrogen) atoms. The van der Waals surface area contributed by atoms with Gasteiger partial charge in [0.25, 0.3) is 5.91 Å². The summed E-state index contributed by atoms with van der Waals surface area (Å²) in [6, 6.07) is 3.65. The van der Waals surface area contributed by atoms with Crippen molar-refractivity contribution in [1.82, 2.24) is 24.5 Å². The molecule has 0 aromatic carbocycles. The van der Waals surface area contributed by atoms with E-state index in [1.54, 1.807) is 17.1 Å². The zero-order valence-corrected chi connectivity index (χ0v) is 14.3. The number of aryl methyl sites for hydroxylation is 1. The van der Waals surface area contributed by atoms with Gasteiger partial charge in [0.15, 0.2) is 0 Å². The second-order valence-corrected chi connectivity index (χ2v) is 6.68. The lowest BCUT2D eigenvalue weighted by Crippen LogP contribution is -2.23. The van der Waals surface area contributed by atoms with Crippen LogP contribution in [0.1, 0.15) is 26.6 Å². The van der Waals surface area contributed by atoms with E-state index in [2.05, 4.69) is 15.2 Å². The third-order valence-electron chi connectivity index (χ3n) is 4.91. The van der Waals surface area contributed by atoms with E-state index in [0.29, 0.717) is 48.0 Å². The second kappa shape index (κ2) is 5.90.